The lowest BCUT2D eigenvalue weighted by Crippen LogP contribution is -2.46. The van der Waals surface area contributed by atoms with E-state index >= 15 is 0 Å². The van der Waals surface area contributed by atoms with Crippen LogP contribution in [0.1, 0.15) is 63.5 Å². The Morgan fingerprint density at radius 2 is 1.97 bits per heavy atom. The number of nitrogens with zero attached hydrogens (tertiary/aromatic N) is 2. The molecule has 1 N–H and O–H groups in total. The average Bonchev–Trinajstić information content (AvgIpc) is 2.83. The first-order chi connectivity index (χ1) is 16.1. The number of thiocarbonyl (C=S) groups is 1. The molecule has 4 nitrogen and oxygen atoms in total. The van der Waals surface area contributed by atoms with Gasteiger partial charge in [-0.3, -0.25) is 0 Å². The van der Waals surface area contributed by atoms with Crippen LogP contribution in [0.2, 0.25) is 0 Å². The van der Waals surface area contributed by atoms with Gasteiger partial charge in [0.15, 0.2) is 5.11 Å². The van der Waals surface area contributed by atoms with Gasteiger partial charge >= 0.3 is 0 Å². The third kappa shape index (κ3) is 5.63. The van der Waals surface area contributed by atoms with Gasteiger partial charge in [-0.05, 0) is 79.6 Å². The van der Waals surface area contributed by atoms with E-state index in [2.05, 4.69) is 47.2 Å². The number of benzene rings is 2. The molecule has 2 aliphatic rings. The molecule has 1 aliphatic carbocycles. The van der Waals surface area contributed by atoms with Crippen molar-refractivity contribution in [3.63, 3.8) is 0 Å². The predicted octanol–water partition coefficient (Wildman–Crippen LogP) is 6.64. The van der Waals surface area contributed by atoms with Crippen LogP contribution in [-0.2, 0) is 13.0 Å². The summed E-state index contributed by atoms with van der Waals surface area (Å²) in [6.07, 6.45) is 8.68. The van der Waals surface area contributed by atoms with E-state index in [0.29, 0.717) is 12.0 Å². The monoisotopic (exact) mass is 465 g/mol. The minimum absolute atomic E-state index is 0.459. The van der Waals surface area contributed by atoms with Crippen LogP contribution in [0.25, 0.3) is 0 Å². The van der Waals surface area contributed by atoms with Crippen molar-refractivity contribution in [2.45, 2.75) is 71.4 Å². The van der Waals surface area contributed by atoms with Crippen molar-refractivity contribution >= 4 is 28.7 Å². The number of nitrogens with one attached hydrogen (secondary N) is 1. The van der Waals surface area contributed by atoms with Gasteiger partial charge in [-0.15, -0.1) is 0 Å². The van der Waals surface area contributed by atoms with Crippen LogP contribution in [0.15, 0.2) is 42.5 Å². The topological polar surface area (TPSA) is 27.7 Å². The van der Waals surface area contributed by atoms with Crippen molar-refractivity contribution in [3.05, 3.63) is 53.6 Å². The van der Waals surface area contributed by atoms with Crippen molar-refractivity contribution in [2.75, 3.05) is 30.4 Å². The highest BCUT2D eigenvalue weighted by Gasteiger charge is 2.29. The smallest absolute Gasteiger partial charge is 0.174 e. The van der Waals surface area contributed by atoms with Gasteiger partial charge in [-0.25, -0.2) is 0 Å². The zero-order valence-corrected chi connectivity index (χ0v) is 21.3. The zero-order valence-electron chi connectivity index (χ0n) is 20.5. The van der Waals surface area contributed by atoms with Crippen LogP contribution in [0.3, 0.4) is 0 Å². The van der Waals surface area contributed by atoms with Crippen LogP contribution in [0.4, 0.5) is 11.4 Å². The number of methoxy groups -OCH3 is 1. The molecule has 1 aliphatic heterocycles. The van der Waals surface area contributed by atoms with Crippen LogP contribution < -0.4 is 15.0 Å². The normalized spacial score (nSPS) is 20.2. The fourth-order valence-corrected chi connectivity index (χ4v) is 5.87. The van der Waals surface area contributed by atoms with Crippen LogP contribution in [-0.4, -0.2) is 36.3 Å². The van der Waals surface area contributed by atoms with Crippen molar-refractivity contribution in [1.82, 2.24) is 4.90 Å². The summed E-state index contributed by atoms with van der Waals surface area (Å²) in [4.78, 5) is 5.00. The second-order valence-electron chi connectivity index (χ2n) is 9.64. The molecule has 0 saturated heterocycles. The number of hydrogen-bond acceptors (Lipinski definition) is 3. The molecule has 4 rings (SSSR count). The third-order valence-corrected chi connectivity index (χ3v) is 7.62. The molecule has 2 aromatic rings. The van der Waals surface area contributed by atoms with Gasteiger partial charge in [-0.2, -0.15) is 0 Å². The Bertz CT molecular complexity index is 946. The maximum atomic E-state index is 6.02. The summed E-state index contributed by atoms with van der Waals surface area (Å²) >= 11 is 6.02. The van der Waals surface area contributed by atoms with E-state index in [1.165, 1.54) is 68.3 Å². The largest absolute Gasteiger partial charge is 0.495 e. The summed E-state index contributed by atoms with van der Waals surface area (Å²) in [5.41, 5.74) is 5.21. The number of para-hydroxylation sites is 2. The van der Waals surface area contributed by atoms with Crippen LogP contribution in [0.5, 0.6) is 5.75 Å². The molecule has 2 aromatic carbocycles. The summed E-state index contributed by atoms with van der Waals surface area (Å²) in [7, 11) is 1.71. The third-order valence-electron chi connectivity index (χ3n) is 7.28. The quantitative estimate of drug-likeness (QED) is 0.463. The summed E-state index contributed by atoms with van der Waals surface area (Å²) in [5.74, 6) is 1.45. The Morgan fingerprint density at radius 3 is 2.76 bits per heavy atom. The van der Waals surface area contributed by atoms with E-state index in [1.54, 1.807) is 7.11 Å². The Morgan fingerprint density at radius 1 is 1.15 bits per heavy atom. The van der Waals surface area contributed by atoms with E-state index in [9.17, 15) is 0 Å². The van der Waals surface area contributed by atoms with Crippen molar-refractivity contribution in [2.24, 2.45) is 5.92 Å². The van der Waals surface area contributed by atoms with E-state index in [1.807, 2.05) is 24.3 Å². The first kappa shape index (κ1) is 23.9. The number of anilines is 2. The second-order valence-corrected chi connectivity index (χ2v) is 10.0. The average molecular weight is 466 g/mol. The van der Waals surface area contributed by atoms with Crippen LogP contribution >= 0.6 is 12.2 Å². The molecule has 1 fully saturated rings. The lowest BCUT2D eigenvalue weighted by Gasteiger charge is -2.40. The number of aryl methyl sites for hydroxylation is 1. The highest BCUT2D eigenvalue weighted by molar-refractivity contribution is 7.80. The standard InChI is InChI=1S/C28H39N3OS/c1-4-17-30-18-9-11-23-19-22(15-16-26(23)30)20-31(25-13-7-5-10-21(25)2)28(33)29-24-12-6-8-14-27(24)32-3/h6,8,12,14-16,19,21,25H,4-5,7,9-11,13,17-18,20H2,1-3H3,(H,29,33)/t21-,25+/m1/s1. The number of fused-ring (bicyclic) bond motifs is 1. The first-order valence-corrected chi connectivity index (χ1v) is 13.1. The number of ether oxygens (including phenoxy) is 1. The van der Waals surface area contributed by atoms with Gasteiger partial charge in [0.25, 0.3) is 0 Å². The summed E-state index contributed by atoms with van der Waals surface area (Å²) < 4.78 is 5.56. The molecule has 0 spiro atoms. The van der Waals surface area contributed by atoms with Gasteiger partial charge in [-0.1, -0.05) is 51.0 Å². The van der Waals surface area contributed by atoms with Gasteiger partial charge in [0.05, 0.1) is 12.8 Å². The van der Waals surface area contributed by atoms with Gasteiger partial charge in [0, 0.05) is 31.4 Å². The molecule has 0 unspecified atom stereocenters. The molecule has 0 radical (unpaired) electrons. The Kier molecular flexibility index (Phi) is 8.13. The highest BCUT2D eigenvalue weighted by Crippen LogP contribution is 2.33. The lowest BCUT2D eigenvalue weighted by atomic mass is 9.84. The van der Waals surface area contributed by atoms with Crippen LogP contribution in [0, 0.1) is 5.92 Å². The fraction of sp³-hybridized carbons (Fsp3) is 0.536. The van der Waals surface area contributed by atoms with E-state index in [0.717, 1.165) is 29.6 Å². The minimum Gasteiger partial charge on any atom is -0.495 e. The second kappa shape index (κ2) is 11.2. The molecule has 1 saturated carbocycles. The van der Waals surface area contributed by atoms with E-state index in [-0.39, 0.29) is 0 Å². The number of rotatable bonds is 7. The van der Waals surface area contributed by atoms with Crippen molar-refractivity contribution < 1.29 is 4.74 Å². The van der Waals surface area contributed by atoms with Gasteiger partial charge < -0.3 is 19.9 Å². The summed E-state index contributed by atoms with van der Waals surface area (Å²) in [6, 6.07) is 15.6. The maximum absolute atomic E-state index is 6.02. The first-order valence-electron chi connectivity index (χ1n) is 12.7. The fourth-order valence-electron chi connectivity index (χ4n) is 5.56. The maximum Gasteiger partial charge on any atom is 0.174 e. The molecular formula is C28H39N3OS. The molecule has 178 valence electrons. The predicted molar refractivity (Wildman–Crippen MR) is 143 cm³/mol. The lowest BCUT2D eigenvalue weighted by molar-refractivity contribution is 0.177. The van der Waals surface area contributed by atoms with Gasteiger partial charge in [0.2, 0.25) is 0 Å². The molecular weight excluding hydrogens is 426 g/mol. The molecule has 33 heavy (non-hydrogen) atoms. The number of hydrogen-bond donors (Lipinski definition) is 1. The zero-order chi connectivity index (χ0) is 23.2. The summed E-state index contributed by atoms with van der Waals surface area (Å²) in [6.45, 7) is 7.82. The highest BCUT2D eigenvalue weighted by atomic mass is 32.1. The molecule has 5 heteroatoms. The molecule has 2 atom stereocenters. The van der Waals surface area contributed by atoms with Crippen molar-refractivity contribution in [3.8, 4) is 5.75 Å². The molecule has 1 heterocycles. The molecule has 0 aromatic heterocycles. The van der Waals surface area contributed by atoms with E-state index in [4.69, 9.17) is 17.0 Å². The molecule has 0 amide bonds. The Labute approximate surface area is 205 Å². The van der Waals surface area contributed by atoms with Crippen molar-refractivity contribution in [1.29, 1.82) is 0 Å². The van der Waals surface area contributed by atoms with E-state index < -0.39 is 0 Å². The van der Waals surface area contributed by atoms with Gasteiger partial charge in [0.1, 0.15) is 5.75 Å². The Balaban J connectivity index is 1.58. The Hall–Kier alpha value is -2.27. The minimum atomic E-state index is 0.459. The molecule has 0 bridgehead atoms. The summed E-state index contributed by atoms with van der Waals surface area (Å²) in [5, 5.41) is 4.30. The SMILES string of the molecule is CCCN1CCCc2cc(CN(C(=S)Nc3ccccc3OC)[C@H]3CCCC[C@H]3C)ccc21.